The summed E-state index contributed by atoms with van der Waals surface area (Å²) in [6, 6.07) is 6.43. The Morgan fingerprint density at radius 3 is 2.40 bits per heavy atom. The molecule has 7 heteroatoms. The summed E-state index contributed by atoms with van der Waals surface area (Å²) in [4.78, 5) is 20.9. The van der Waals surface area contributed by atoms with Gasteiger partial charge < -0.3 is 24.6 Å². The molecule has 0 spiro atoms. The van der Waals surface area contributed by atoms with Gasteiger partial charge in [0, 0.05) is 45.1 Å². The lowest BCUT2D eigenvalue weighted by atomic mass is 9.79. The molecule has 7 nitrogen and oxygen atoms in total. The van der Waals surface area contributed by atoms with Crippen molar-refractivity contribution in [2.45, 2.75) is 44.9 Å². The lowest BCUT2D eigenvalue weighted by Gasteiger charge is -2.37. The largest absolute Gasteiger partial charge is 0.486 e. The first-order valence-corrected chi connectivity index (χ1v) is 11.3. The molecule has 1 aromatic rings. The van der Waals surface area contributed by atoms with Crippen LogP contribution in [-0.4, -0.2) is 74.1 Å². The second kappa shape index (κ2) is 9.14. The number of hydrogen-bond acceptors (Lipinski definition) is 4. The van der Waals surface area contributed by atoms with Crippen LogP contribution in [0.15, 0.2) is 23.2 Å². The summed E-state index contributed by atoms with van der Waals surface area (Å²) in [7, 11) is 0. The number of nitrogens with one attached hydrogen (secondary N) is 1. The van der Waals surface area contributed by atoms with Gasteiger partial charge in [0.15, 0.2) is 17.5 Å². The Balaban J connectivity index is 1.52. The highest BCUT2D eigenvalue weighted by Crippen LogP contribution is 2.44. The number of amides is 1. The predicted octanol–water partition coefficient (Wildman–Crippen LogP) is 2.40. The summed E-state index contributed by atoms with van der Waals surface area (Å²) in [6.45, 7) is 9.73. The molecule has 0 radical (unpaired) electrons. The summed E-state index contributed by atoms with van der Waals surface area (Å²) < 4.78 is 11.6. The monoisotopic (exact) mass is 414 g/mol. The molecule has 0 atom stereocenters. The van der Waals surface area contributed by atoms with E-state index in [1.165, 1.54) is 18.4 Å². The van der Waals surface area contributed by atoms with Gasteiger partial charge >= 0.3 is 0 Å². The van der Waals surface area contributed by atoms with E-state index in [4.69, 9.17) is 14.5 Å². The fourth-order valence-corrected chi connectivity index (χ4v) is 4.85. The molecule has 4 rings (SSSR count). The standard InChI is InChI=1S/C23H34N4O3/c1-3-24-22(27-12-10-26(11-13-27)18(2)28)25-17-23(8-4-5-9-23)19-6-7-20-21(16-19)30-15-14-29-20/h6-7,16H,3-5,8-15,17H2,1-2H3,(H,24,25). The molecule has 1 saturated heterocycles. The summed E-state index contributed by atoms with van der Waals surface area (Å²) in [6.07, 6.45) is 4.76. The number of carbonyl (C=O) groups excluding carboxylic acids is 1. The Morgan fingerprint density at radius 1 is 1.07 bits per heavy atom. The number of benzene rings is 1. The molecule has 2 heterocycles. The van der Waals surface area contributed by atoms with Gasteiger partial charge in [0.05, 0.1) is 6.54 Å². The number of nitrogens with zero attached hydrogens (tertiary/aromatic N) is 3. The Bertz CT molecular complexity index is 781. The summed E-state index contributed by atoms with van der Waals surface area (Å²) in [5.41, 5.74) is 1.36. The van der Waals surface area contributed by atoms with Gasteiger partial charge in [-0.2, -0.15) is 0 Å². The number of fused-ring (bicyclic) bond motifs is 1. The zero-order chi connectivity index (χ0) is 21.0. The number of aliphatic imine (C=N–C) groups is 1. The van der Waals surface area contributed by atoms with Crippen LogP contribution in [0.25, 0.3) is 0 Å². The average molecular weight is 415 g/mol. The minimum Gasteiger partial charge on any atom is -0.486 e. The van der Waals surface area contributed by atoms with Gasteiger partial charge in [0.25, 0.3) is 0 Å². The van der Waals surface area contributed by atoms with E-state index in [-0.39, 0.29) is 11.3 Å². The molecule has 0 aromatic heterocycles. The number of hydrogen-bond donors (Lipinski definition) is 1. The van der Waals surface area contributed by atoms with Gasteiger partial charge in [-0.05, 0) is 37.5 Å². The van der Waals surface area contributed by atoms with Crippen molar-refractivity contribution in [2.75, 3.05) is 52.5 Å². The quantitative estimate of drug-likeness (QED) is 0.605. The maximum absolute atomic E-state index is 11.6. The van der Waals surface area contributed by atoms with Crippen molar-refractivity contribution in [1.82, 2.24) is 15.1 Å². The van der Waals surface area contributed by atoms with Crippen molar-refractivity contribution in [3.63, 3.8) is 0 Å². The minimum atomic E-state index is 0.0533. The van der Waals surface area contributed by atoms with Crippen LogP contribution in [0.1, 0.15) is 45.1 Å². The van der Waals surface area contributed by atoms with Gasteiger partial charge in [-0.1, -0.05) is 18.9 Å². The molecule has 0 unspecified atom stereocenters. The van der Waals surface area contributed by atoms with Crippen LogP contribution < -0.4 is 14.8 Å². The third-order valence-electron chi connectivity index (χ3n) is 6.61. The van der Waals surface area contributed by atoms with Crippen LogP contribution in [0.4, 0.5) is 0 Å². The van der Waals surface area contributed by atoms with Gasteiger partial charge in [-0.15, -0.1) is 0 Å². The van der Waals surface area contributed by atoms with E-state index in [0.717, 1.165) is 69.6 Å². The van der Waals surface area contributed by atoms with E-state index >= 15 is 0 Å². The first-order chi connectivity index (χ1) is 14.6. The smallest absolute Gasteiger partial charge is 0.219 e. The normalized spacial score (nSPS) is 20.9. The van der Waals surface area contributed by atoms with Crippen LogP contribution >= 0.6 is 0 Å². The minimum absolute atomic E-state index is 0.0533. The molecule has 1 amide bonds. The topological polar surface area (TPSA) is 66.4 Å². The zero-order valence-corrected chi connectivity index (χ0v) is 18.3. The van der Waals surface area contributed by atoms with Crippen molar-refractivity contribution < 1.29 is 14.3 Å². The molecule has 2 aliphatic heterocycles. The average Bonchev–Trinajstić information content (AvgIpc) is 3.26. The number of carbonyl (C=O) groups is 1. The van der Waals surface area contributed by atoms with Crippen molar-refractivity contribution in [2.24, 2.45) is 4.99 Å². The molecule has 1 saturated carbocycles. The van der Waals surface area contributed by atoms with E-state index in [1.807, 2.05) is 4.90 Å². The summed E-state index contributed by atoms with van der Waals surface area (Å²) in [5.74, 6) is 2.82. The molecule has 1 aromatic carbocycles. The highest BCUT2D eigenvalue weighted by Gasteiger charge is 2.37. The third-order valence-corrected chi connectivity index (χ3v) is 6.61. The fraction of sp³-hybridized carbons (Fsp3) is 0.652. The zero-order valence-electron chi connectivity index (χ0n) is 18.3. The van der Waals surface area contributed by atoms with Crippen LogP contribution in [0.2, 0.25) is 0 Å². The highest BCUT2D eigenvalue weighted by atomic mass is 16.6. The molecule has 1 aliphatic carbocycles. The Labute approximate surface area is 179 Å². The van der Waals surface area contributed by atoms with Gasteiger partial charge in [-0.3, -0.25) is 9.79 Å². The number of ether oxygens (including phenoxy) is 2. The Hall–Kier alpha value is -2.44. The fourth-order valence-electron chi connectivity index (χ4n) is 4.85. The van der Waals surface area contributed by atoms with Crippen molar-refractivity contribution in [1.29, 1.82) is 0 Å². The molecule has 0 bridgehead atoms. The lowest BCUT2D eigenvalue weighted by molar-refractivity contribution is -0.130. The maximum Gasteiger partial charge on any atom is 0.219 e. The van der Waals surface area contributed by atoms with E-state index < -0.39 is 0 Å². The third kappa shape index (κ3) is 4.35. The number of piperazine rings is 1. The Morgan fingerprint density at radius 2 is 1.73 bits per heavy atom. The molecule has 3 aliphatic rings. The van der Waals surface area contributed by atoms with E-state index in [9.17, 15) is 4.79 Å². The van der Waals surface area contributed by atoms with Crippen LogP contribution in [-0.2, 0) is 10.2 Å². The van der Waals surface area contributed by atoms with Crippen LogP contribution in [0.5, 0.6) is 11.5 Å². The predicted molar refractivity (Wildman–Crippen MR) is 117 cm³/mol. The van der Waals surface area contributed by atoms with E-state index in [2.05, 4.69) is 35.3 Å². The summed E-state index contributed by atoms with van der Waals surface area (Å²) in [5, 5.41) is 3.47. The molecular weight excluding hydrogens is 380 g/mol. The van der Waals surface area contributed by atoms with Gasteiger partial charge in [-0.25, -0.2) is 0 Å². The molecule has 2 fully saturated rings. The second-order valence-corrected chi connectivity index (χ2v) is 8.51. The first-order valence-electron chi connectivity index (χ1n) is 11.3. The van der Waals surface area contributed by atoms with Crippen molar-refractivity contribution in [3.05, 3.63) is 23.8 Å². The van der Waals surface area contributed by atoms with Gasteiger partial charge in [0.2, 0.25) is 5.91 Å². The second-order valence-electron chi connectivity index (χ2n) is 8.51. The van der Waals surface area contributed by atoms with Crippen molar-refractivity contribution >= 4 is 11.9 Å². The number of rotatable bonds is 4. The van der Waals surface area contributed by atoms with Gasteiger partial charge in [0.1, 0.15) is 13.2 Å². The SMILES string of the molecule is CCNC(=NCC1(c2ccc3c(c2)OCCO3)CCCC1)N1CCN(C(C)=O)CC1. The molecule has 1 N–H and O–H groups in total. The lowest BCUT2D eigenvalue weighted by Crippen LogP contribution is -2.53. The highest BCUT2D eigenvalue weighted by molar-refractivity contribution is 5.80. The molecule has 164 valence electrons. The Kier molecular flexibility index (Phi) is 6.35. The van der Waals surface area contributed by atoms with Crippen LogP contribution in [0.3, 0.4) is 0 Å². The number of guanidine groups is 1. The first kappa shape index (κ1) is 20.8. The maximum atomic E-state index is 11.6. The molecular formula is C23H34N4O3. The summed E-state index contributed by atoms with van der Waals surface area (Å²) >= 11 is 0. The van der Waals surface area contributed by atoms with Crippen LogP contribution in [0, 0.1) is 0 Å². The van der Waals surface area contributed by atoms with E-state index in [0.29, 0.717) is 13.2 Å². The molecule has 30 heavy (non-hydrogen) atoms. The van der Waals surface area contributed by atoms with E-state index in [1.54, 1.807) is 6.92 Å². The van der Waals surface area contributed by atoms with Crippen molar-refractivity contribution in [3.8, 4) is 11.5 Å².